The second-order valence-corrected chi connectivity index (χ2v) is 8.78. The second kappa shape index (κ2) is 5.85. The van der Waals surface area contributed by atoms with E-state index < -0.39 is 10.0 Å². The third-order valence-corrected chi connectivity index (χ3v) is 7.38. The van der Waals surface area contributed by atoms with Gasteiger partial charge in [0.05, 0.1) is 5.02 Å². The molecule has 4 rings (SSSR count). The van der Waals surface area contributed by atoms with E-state index >= 15 is 0 Å². The molecule has 2 aliphatic rings. The van der Waals surface area contributed by atoms with E-state index in [9.17, 15) is 8.42 Å². The smallest absolute Gasteiger partial charge is 0.244 e. The van der Waals surface area contributed by atoms with Crippen molar-refractivity contribution in [2.24, 2.45) is 0 Å². The standard InChI is InChI=1S/C18H19ClN2O2S/c1-20-10-9-13-5-4-6-14-11-21(12-16(20)18(13)14)24(22,23)17-8-3-2-7-15(17)19/h2-8,16H,9-12H2,1H3. The Bertz CT molecular complexity index is 898. The highest BCUT2D eigenvalue weighted by Gasteiger charge is 2.38. The van der Waals surface area contributed by atoms with E-state index in [0.29, 0.717) is 13.1 Å². The van der Waals surface area contributed by atoms with Crippen LogP contribution in [0, 0.1) is 0 Å². The summed E-state index contributed by atoms with van der Waals surface area (Å²) in [4.78, 5) is 2.44. The van der Waals surface area contributed by atoms with Gasteiger partial charge in [0.15, 0.2) is 0 Å². The highest BCUT2D eigenvalue weighted by atomic mass is 35.5. The van der Waals surface area contributed by atoms with Crippen LogP contribution in [0.15, 0.2) is 47.4 Å². The molecular weight excluding hydrogens is 344 g/mol. The average molecular weight is 363 g/mol. The van der Waals surface area contributed by atoms with Gasteiger partial charge in [-0.25, -0.2) is 8.42 Å². The molecule has 0 amide bonds. The van der Waals surface area contributed by atoms with E-state index in [4.69, 9.17) is 11.6 Å². The summed E-state index contributed by atoms with van der Waals surface area (Å²) >= 11 is 6.15. The number of hydrogen-bond acceptors (Lipinski definition) is 3. The molecule has 0 saturated heterocycles. The number of rotatable bonds is 2. The normalized spacial score (nSPS) is 21.5. The fourth-order valence-electron chi connectivity index (χ4n) is 3.78. The van der Waals surface area contributed by atoms with Crippen LogP contribution in [0.3, 0.4) is 0 Å². The first kappa shape index (κ1) is 16.1. The lowest BCUT2D eigenvalue weighted by atomic mass is 9.86. The van der Waals surface area contributed by atoms with Crippen LogP contribution in [0.5, 0.6) is 0 Å². The molecule has 0 aliphatic carbocycles. The van der Waals surface area contributed by atoms with Gasteiger partial charge in [0, 0.05) is 25.7 Å². The SMILES string of the molecule is CN1CCc2cccc3c2C1CN(S(=O)(=O)c1ccccc1Cl)C3. The summed E-state index contributed by atoms with van der Waals surface area (Å²) in [5, 5.41) is 0.272. The average Bonchev–Trinajstić information content (AvgIpc) is 2.58. The van der Waals surface area contributed by atoms with Crippen LogP contribution in [0.4, 0.5) is 0 Å². The molecular formula is C18H19ClN2O2S. The topological polar surface area (TPSA) is 40.6 Å². The Balaban J connectivity index is 1.79. The summed E-state index contributed by atoms with van der Waals surface area (Å²) in [6.45, 7) is 1.82. The molecule has 4 nitrogen and oxygen atoms in total. The summed E-state index contributed by atoms with van der Waals surface area (Å²) < 4.78 is 27.8. The Kier molecular flexibility index (Phi) is 3.92. The lowest BCUT2D eigenvalue weighted by Gasteiger charge is -2.42. The van der Waals surface area contributed by atoms with E-state index in [-0.39, 0.29) is 16.0 Å². The maximum atomic E-state index is 13.1. The van der Waals surface area contributed by atoms with Crippen molar-refractivity contribution in [1.82, 2.24) is 9.21 Å². The Labute approximate surface area is 147 Å². The van der Waals surface area contributed by atoms with Crippen molar-refractivity contribution in [3.05, 3.63) is 64.2 Å². The first-order chi connectivity index (χ1) is 11.5. The van der Waals surface area contributed by atoms with Crippen molar-refractivity contribution in [3.8, 4) is 0 Å². The van der Waals surface area contributed by atoms with Crippen LogP contribution in [-0.2, 0) is 23.0 Å². The summed E-state index contributed by atoms with van der Waals surface area (Å²) in [6, 6.07) is 13.0. The molecule has 126 valence electrons. The molecule has 2 aromatic rings. The number of sulfonamides is 1. The van der Waals surface area contributed by atoms with Crippen molar-refractivity contribution in [2.45, 2.75) is 23.9 Å². The largest absolute Gasteiger partial charge is 0.298 e. The molecule has 0 N–H and O–H groups in total. The highest BCUT2D eigenvalue weighted by molar-refractivity contribution is 7.89. The fraction of sp³-hybridized carbons (Fsp3) is 0.333. The second-order valence-electron chi connectivity index (χ2n) is 6.46. The zero-order valence-electron chi connectivity index (χ0n) is 13.4. The van der Waals surface area contributed by atoms with Crippen LogP contribution in [0.25, 0.3) is 0 Å². The van der Waals surface area contributed by atoms with E-state index in [2.05, 4.69) is 18.0 Å². The van der Waals surface area contributed by atoms with Crippen LogP contribution >= 0.6 is 11.6 Å². The minimum absolute atomic E-state index is 0.107. The quantitative estimate of drug-likeness (QED) is 0.824. The fourth-order valence-corrected chi connectivity index (χ4v) is 5.70. The summed E-state index contributed by atoms with van der Waals surface area (Å²) in [7, 11) is -1.55. The molecule has 0 bridgehead atoms. The Hall–Kier alpha value is -1.40. The number of likely N-dealkylation sites (N-methyl/N-ethyl adjacent to an activating group) is 1. The Morgan fingerprint density at radius 1 is 1.08 bits per heavy atom. The number of nitrogens with zero attached hydrogens (tertiary/aromatic N) is 2. The predicted molar refractivity (Wildman–Crippen MR) is 94.6 cm³/mol. The van der Waals surface area contributed by atoms with Gasteiger partial charge in [0.1, 0.15) is 4.90 Å². The maximum Gasteiger partial charge on any atom is 0.244 e. The zero-order valence-corrected chi connectivity index (χ0v) is 15.0. The van der Waals surface area contributed by atoms with Crippen LogP contribution in [0.2, 0.25) is 5.02 Å². The number of benzene rings is 2. The molecule has 0 fully saturated rings. The van der Waals surface area contributed by atoms with E-state index in [0.717, 1.165) is 18.5 Å². The van der Waals surface area contributed by atoms with Crippen molar-refractivity contribution in [1.29, 1.82) is 0 Å². The molecule has 0 saturated carbocycles. The minimum atomic E-state index is -3.62. The molecule has 6 heteroatoms. The highest BCUT2D eigenvalue weighted by Crippen LogP contribution is 2.38. The first-order valence-corrected chi connectivity index (χ1v) is 9.86. The van der Waals surface area contributed by atoms with Gasteiger partial charge in [-0.05, 0) is 42.3 Å². The van der Waals surface area contributed by atoms with Gasteiger partial charge < -0.3 is 0 Å². The lowest BCUT2D eigenvalue weighted by molar-refractivity contribution is 0.178. The van der Waals surface area contributed by atoms with Crippen molar-refractivity contribution >= 4 is 21.6 Å². The van der Waals surface area contributed by atoms with E-state index in [1.54, 1.807) is 28.6 Å². The number of hydrogen-bond donors (Lipinski definition) is 0. The van der Waals surface area contributed by atoms with Gasteiger partial charge in [-0.2, -0.15) is 4.31 Å². The van der Waals surface area contributed by atoms with Crippen LogP contribution in [-0.4, -0.2) is 37.8 Å². The molecule has 2 aromatic carbocycles. The molecule has 24 heavy (non-hydrogen) atoms. The number of halogens is 1. The summed E-state index contributed by atoms with van der Waals surface area (Å²) in [6.07, 6.45) is 1.02. The van der Waals surface area contributed by atoms with Crippen LogP contribution in [0.1, 0.15) is 22.7 Å². The Morgan fingerprint density at radius 3 is 2.62 bits per heavy atom. The van der Waals surface area contributed by atoms with Crippen LogP contribution < -0.4 is 0 Å². The van der Waals surface area contributed by atoms with Gasteiger partial charge >= 0.3 is 0 Å². The first-order valence-electron chi connectivity index (χ1n) is 8.04. The van der Waals surface area contributed by atoms with Crippen molar-refractivity contribution in [3.63, 3.8) is 0 Å². The van der Waals surface area contributed by atoms with Crippen molar-refractivity contribution in [2.75, 3.05) is 20.1 Å². The predicted octanol–water partition coefficient (Wildman–Crippen LogP) is 3.07. The molecule has 2 heterocycles. The maximum absolute atomic E-state index is 13.1. The Morgan fingerprint density at radius 2 is 1.83 bits per heavy atom. The molecule has 0 radical (unpaired) electrons. The molecule has 2 aliphatic heterocycles. The van der Waals surface area contributed by atoms with Gasteiger partial charge in [0.25, 0.3) is 0 Å². The van der Waals surface area contributed by atoms with Crippen molar-refractivity contribution < 1.29 is 8.42 Å². The summed E-state index contributed by atoms with van der Waals surface area (Å²) in [5.74, 6) is 0. The summed E-state index contributed by atoms with van der Waals surface area (Å²) in [5.41, 5.74) is 3.77. The van der Waals surface area contributed by atoms with E-state index in [1.165, 1.54) is 11.1 Å². The lowest BCUT2D eigenvalue weighted by Crippen LogP contribution is -2.46. The van der Waals surface area contributed by atoms with Gasteiger partial charge in [-0.3, -0.25) is 4.90 Å². The van der Waals surface area contributed by atoms with Gasteiger partial charge in [0.2, 0.25) is 10.0 Å². The van der Waals surface area contributed by atoms with E-state index in [1.807, 2.05) is 12.1 Å². The third kappa shape index (κ3) is 2.47. The monoisotopic (exact) mass is 362 g/mol. The van der Waals surface area contributed by atoms with Gasteiger partial charge in [-0.1, -0.05) is 41.9 Å². The minimum Gasteiger partial charge on any atom is -0.298 e. The molecule has 1 unspecified atom stereocenters. The molecule has 0 spiro atoms. The zero-order chi connectivity index (χ0) is 16.9. The third-order valence-electron chi connectivity index (χ3n) is 5.06. The van der Waals surface area contributed by atoms with Gasteiger partial charge in [-0.15, -0.1) is 0 Å². The molecule has 1 atom stereocenters. The molecule has 0 aromatic heterocycles.